The second-order valence-electron chi connectivity index (χ2n) is 6.92. The second-order valence-corrected chi connectivity index (χ2v) is 9.54. The number of thiophene rings is 1. The van der Waals surface area contributed by atoms with Crippen LogP contribution in [-0.4, -0.2) is 9.79 Å². The lowest BCUT2D eigenvalue weighted by Crippen LogP contribution is -2.03. The third-order valence-corrected chi connectivity index (χ3v) is 7.45. The Morgan fingerprint density at radius 1 is 0.655 bits per heavy atom. The molecule has 0 bridgehead atoms. The second kappa shape index (κ2) is 6.94. The minimum atomic E-state index is -4.45. The van der Waals surface area contributed by atoms with Crippen LogP contribution in [0.4, 0.5) is 0 Å². The SMILES string of the molecule is O=P(O)(O)c1cc(-c2cccc3ccccc23)sc1-c1cccc2ccccc12. The lowest BCUT2D eigenvalue weighted by Gasteiger charge is -2.08. The third kappa shape index (κ3) is 3.21. The maximum absolute atomic E-state index is 12.4. The lowest BCUT2D eigenvalue weighted by molar-refractivity contribution is 0.387. The molecule has 0 atom stereocenters. The average molecular weight is 416 g/mol. The molecule has 3 nitrogen and oxygen atoms in total. The number of fused-ring (bicyclic) bond motifs is 2. The predicted octanol–water partition coefficient (Wildman–Crippen LogP) is 6.19. The van der Waals surface area contributed by atoms with Gasteiger partial charge in [-0.1, -0.05) is 84.9 Å². The van der Waals surface area contributed by atoms with Crippen LogP contribution in [0.25, 0.3) is 42.4 Å². The zero-order valence-electron chi connectivity index (χ0n) is 15.3. The van der Waals surface area contributed by atoms with Crippen molar-refractivity contribution in [1.82, 2.24) is 0 Å². The van der Waals surface area contributed by atoms with Crippen molar-refractivity contribution in [3.05, 3.63) is 91.0 Å². The molecular weight excluding hydrogens is 399 g/mol. The molecule has 5 rings (SSSR count). The van der Waals surface area contributed by atoms with Crippen molar-refractivity contribution in [1.29, 1.82) is 0 Å². The topological polar surface area (TPSA) is 57.5 Å². The first-order valence-corrected chi connectivity index (χ1v) is 11.6. The number of rotatable bonds is 3. The van der Waals surface area contributed by atoms with Gasteiger partial charge in [-0.3, -0.25) is 4.57 Å². The van der Waals surface area contributed by atoms with Gasteiger partial charge in [0, 0.05) is 10.4 Å². The van der Waals surface area contributed by atoms with Crippen LogP contribution >= 0.6 is 18.9 Å². The van der Waals surface area contributed by atoms with E-state index in [1.807, 2.05) is 84.9 Å². The van der Waals surface area contributed by atoms with Crippen molar-refractivity contribution in [2.75, 3.05) is 0 Å². The molecule has 0 unspecified atom stereocenters. The standard InChI is InChI=1S/C24H17O3PS/c25-28(26,27)22-15-23(20-13-5-9-16-7-1-3-11-18(16)20)29-24(22)21-14-6-10-17-8-2-4-12-19(17)21/h1-15H,(H2,25,26,27). The van der Waals surface area contributed by atoms with Crippen LogP contribution in [0.3, 0.4) is 0 Å². The van der Waals surface area contributed by atoms with Crippen LogP contribution in [0.15, 0.2) is 91.0 Å². The van der Waals surface area contributed by atoms with Crippen LogP contribution < -0.4 is 5.30 Å². The molecule has 0 aliphatic heterocycles. The molecule has 2 N–H and O–H groups in total. The van der Waals surface area contributed by atoms with Gasteiger partial charge in [0.05, 0.1) is 10.2 Å². The van der Waals surface area contributed by atoms with Crippen LogP contribution in [0.2, 0.25) is 0 Å². The van der Waals surface area contributed by atoms with E-state index >= 15 is 0 Å². The van der Waals surface area contributed by atoms with Gasteiger partial charge in [0.2, 0.25) is 0 Å². The fourth-order valence-corrected chi connectivity index (χ4v) is 6.19. The van der Waals surface area contributed by atoms with E-state index in [0.717, 1.165) is 37.5 Å². The highest BCUT2D eigenvalue weighted by molar-refractivity contribution is 7.61. The Hall–Kier alpha value is -2.75. The number of benzene rings is 4. The summed E-state index contributed by atoms with van der Waals surface area (Å²) in [6.45, 7) is 0. The smallest absolute Gasteiger partial charge is 0.321 e. The minimum absolute atomic E-state index is 0.0850. The van der Waals surface area contributed by atoms with Crippen molar-refractivity contribution >= 4 is 45.8 Å². The number of hydrogen-bond donors (Lipinski definition) is 2. The molecule has 5 aromatic rings. The zero-order valence-corrected chi connectivity index (χ0v) is 17.0. The summed E-state index contributed by atoms with van der Waals surface area (Å²) in [5.41, 5.74) is 1.83. The van der Waals surface area contributed by atoms with Gasteiger partial charge >= 0.3 is 7.60 Å². The van der Waals surface area contributed by atoms with Crippen molar-refractivity contribution in [3.63, 3.8) is 0 Å². The molecule has 5 heteroatoms. The van der Waals surface area contributed by atoms with E-state index in [1.165, 1.54) is 11.3 Å². The molecule has 0 spiro atoms. The van der Waals surface area contributed by atoms with Gasteiger partial charge in [-0.25, -0.2) is 0 Å². The summed E-state index contributed by atoms with van der Waals surface area (Å²) in [5.74, 6) is 0. The Morgan fingerprint density at radius 3 is 1.79 bits per heavy atom. The van der Waals surface area contributed by atoms with Gasteiger partial charge in [-0.15, -0.1) is 11.3 Å². The summed E-state index contributed by atoms with van der Waals surface area (Å²) in [7, 11) is -4.45. The van der Waals surface area contributed by atoms with Gasteiger partial charge in [0.1, 0.15) is 0 Å². The first kappa shape index (κ1) is 18.3. The van der Waals surface area contributed by atoms with Gasteiger partial charge in [0.25, 0.3) is 0 Å². The maximum Gasteiger partial charge on any atom is 0.357 e. The Labute approximate surface area is 172 Å². The summed E-state index contributed by atoms with van der Waals surface area (Å²) in [5, 5.41) is 4.28. The van der Waals surface area contributed by atoms with Gasteiger partial charge in [-0.05, 0) is 33.2 Å². The number of hydrogen-bond acceptors (Lipinski definition) is 2. The van der Waals surface area contributed by atoms with Crippen LogP contribution in [-0.2, 0) is 4.57 Å². The van der Waals surface area contributed by atoms with E-state index in [0.29, 0.717) is 4.88 Å². The molecule has 0 aliphatic rings. The molecule has 1 heterocycles. The van der Waals surface area contributed by atoms with Crippen LogP contribution in [0.1, 0.15) is 0 Å². The molecule has 0 saturated heterocycles. The molecule has 29 heavy (non-hydrogen) atoms. The highest BCUT2D eigenvalue weighted by Crippen LogP contribution is 2.46. The quantitative estimate of drug-likeness (QED) is 0.345. The summed E-state index contributed by atoms with van der Waals surface area (Å²) in [6, 6.07) is 29.5. The molecule has 0 amide bonds. The molecule has 142 valence electrons. The van der Waals surface area contributed by atoms with Crippen molar-refractivity contribution < 1.29 is 14.4 Å². The highest BCUT2D eigenvalue weighted by atomic mass is 32.1. The molecule has 0 fully saturated rings. The monoisotopic (exact) mass is 416 g/mol. The fourth-order valence-electron chi connectivity index (χ4n) is 3.79. The van der Waals surface area contributed by atoms with E-state index < -0.39 is 7.60 Å². The molecule has 0 saturated carbocycles. The Balaban J connectivity index is 1.81. The van der Waals surface area contributed by atoms with Crippen molar-refractivity contribution in [2.24, 2.45) is 0 Å². The normalized spacial score (nSPS) is 11.9. The van der Waals surface area contributed by atoms with Crippen LogP contribution in [0, 0.1) is 0 Å². The molecule has 1 aromatic heterocycles. The minimum Gasteiger partial charge on any atom is -0.321 e. The summed E-state index contributed by atoms with van der Waals surface area (Å²) in [4.78, 5) is 21.7. The fraction of sp³-hybridized carbons (Fsp3) is 0. The zero-order chi connectivity index (χ0) is 20.0. The maximum atomic E-state index is 12.4. The van der Waals surface area contributed by atoms with E-state index in [-0.39, 0.29) is 5.30 Å². The summed E-state index contributed by atoms with van der Waals surface area (Å²) >= 11 is 1.43. The van der Waals surface area contributed by atoms with Gasteiger partial charge in [-0.2, -0.15) is 0 Å². The largest absolute Gasteiger partial charge is 0.357 e. The van der Waals surface area contributed by atoms with E-state index in [9.17, 15) is 14.4 Å². The lowest BCUT2D eigenvalue weighted by atomic mass is 10.0. The highest BCUT2D eigenvalue weighted by Gasteiger charge is 2.27. The third-order valence-electron chi connectivity index (χ3n) is 5.12. The Morgan fingerprint density at radius 2 is 1.17 bits per heavy atom. The summed E-state index contributed by atoms with van der Waals surface area (Å²) in [6.07, 6.45) is 0. The van der Waals surface area contributed by atoms with Crippen molar-refractivity contribution in [2.45, 2.75) is 0 Å². The van der Waals surface area contributed by atoms with Crippen LogP contribution in [0.5, 0.6) is 0 Å². The predicted molar refractivity (Wildman–Crippen MR) is 122 cm³/mol. The van der Waals surface area contributed by atoms with Gasteiger partial charge < -0.3 is 9.79 Å². The molecule has 0 radical (unpaired) electrons. The Kier molecular flexibility index (Phi) is 4.38. The molecule has 4 aromatic carbocycles. The summed E-state index contributed by atoms with van der Waals surface area (Å²) < 4.78 is 12.4. The average Bonchev–Trinajstić information content (AvgIpc) is 3.18. The first-order chi connectivity index (χ1) is 14.0. The Bertz CT molecular complexity index is 1400. The first-order valence-electron chi connectivity index (χ1n) is 9.18. The van der Waals surface area contributed by atoms with Crippen molar-refractivity contribution in [3.8, 4) is 20.9 Å². The van der Waals surface area contributed by atoms with E-state index in [4.69, 9.17) is 0 Å². The molecule has 0 aliphatic carbocycles. The van der Waals surface area contributed by atoms with E-state index in [1.54, 1.807) is 6.07 Å². The van der Waals surface area contributed by atoms with E-state index in [2.05, 4.69) is 0 Å². The van der Waals surface area contributed by atoms with Gasteiger partial charge in [0.15, 0.2) is 0 Å². The molecular formula is C24H17O3PS.